The van der Waals surface area contributed by atoms with Gasteiger partial charge in [-0.25, -0.2) is 4.99 Å². The van der Waals surface area contributed by atoms with Crippen molar-refractivity contribution in [3.05, 3.63) is 66.0 Å². The minimum atomic E-state index is 0. The number of guanidine groups is 1. The lowest BCUT2D eigenvalue weighted by atomic mass is 9.74. The standard InChI is InChI=1S/C21H28N4O.HI/c1-2-22-20(24-16-19-10-6-7-13-23-19)25-17-21(11-14-26-15-12-21)18-8-4-3-5-9-18;/h3-10,13H,2,11-12,14-17H2,1H3,(H2,22,24,25);1H. The van der Waals surface area contributed by atoms with Crippen LogP contribution in [0, 0.1) is 0 Å². The molecule has 0 saturated carbocycles. The van der Waals surface area contributed by atoms with Crippen LogP contribution in [0.2, 0.25) is 0 Å². The fourth-order valence-corrected chi connectivity index (χ4v) is 3.37. The first kappa shape index (κ1) is 21.6. The molecular formula is C21H29IN4O. The minimum absolute atomic E-state index is 0. The fraction of sp³-hybridized carbons (Fsp3) is 0.429. The summed E-state index contributed by atoms with van der Waals surface area (Å²) in [6, 6.07) is 16.7. The number of benzene rings is 1. The zero-order valence-corrected chi connectivity index (χ0v) is 18.2. The third kappa shape index (κ3) is 6.17. The molecule has 1 aliphatic rings. The van der Waals surface area contributed by atoms with Gasteiger partial charge in [-0.05, 0) is 37.5 Å². The Balaban J connectivity index is 0.00000261. The number of nitrogens with one attached hydrogen (secondary N) is 2. The van der Waals surface area contributed by atoms with E-state index in [0.29, 0.717) is 6.54 Å². The predicted molar refractivity (Wildman–Crippen MR) is 121 cm³/mol. The summed E-state index contributed by atoms with van der Waals surface area (Å²) >= 11 is 0. The molecule has 27 heavy (non-hydrogen) atoms. The van der Waals surface area contributed by atoms with Gasteiger partial charge in [-0.3, -0.25) is 4.98 Å². The quantitative estimate of drug-likeness (QED) is 0.378. The Bertz CT molecular complexity index is 688. The Morgan fingerprint density at radius 1 is 1.07 bits per heavy atom. The maximum absolute atomic E-state index is 5.62. The predicted octanol–water partition coefficient (Wildman–Crippen LogP) is 3.50. The molecule has 3 rings (SSSR count). The Morgan fingerprint density at radius 3 is 2.48 bits per heavy atom. The molecule has 0 atom stereocenters. The van der Waals surface area contributed by atoms with Crippen molar-refractivity contribution in [1.29, 1.82) is 0 Å². The topological polar surface area (TPSA) is 58.5 Å². The maximum atomic E-state index is 5.62. The lowest BCUT2D eigenvalue weighted by molar-refractivity contribution is 0.0514. The van der Waals surface area contributed by atoms with Crippen LogP contribution in [-0.2, 0) is 16.7 Å². The van der Waals surface area contributed by atoms with Crippen LogP contribution in [-0.4, -0.2) is 37.2 Å². The third-order valence-corrected chi connectivity index (χ3v) is 4.90. The highest BCUT2D eigenvalue weighted by molar-refractivity contribution is 14.0. The van der Waals surface area contributed by atoms with Gasteiger partial charge in [0.05, 0.1) is 12.2 Å². The van der Waals surface area contributed by atoms with E-state index in [2.05, 4.69) is 52.9 Å². The normalized spacial score (nSPS) is 16.3. The molecule has 2 aromatic rings. The molecule has 0 aliphatic carbocycles. The van der Waals surface area contributed by atoms with Crippen LogP contribution < -0.4 is 10.6 Å². The molecule has 5 nitrogen and oxygen atoms in total. The minimum Gasteiger partial charge on any atom is -0.381 e. The second-order valence-electron chi connectivity index (χ2n) is 6.63. The van der Waals surface area contributed by atoms with Crippen molar-refractivity contribution < 1.29 is 4.74 Å². The van der Waals surface area contributed by atoms with Crippen molar-refractivity contribution in [2.24, 2.45) is 4.99 Å². The highest BCUT2D eigenvalue weighted by Crippen LogP contribution is 2.34. The van der Waals surface area contributed by atoms with Crippen LogP contribution in [0.4, 0.5) is 0 Å². The van der Waals surface area contributed by atoms with Crippen LogP contribution in [0.5, 0.6) is 0 Å². The summed E-state index contributed by atoms with van der Waals surface area (Å²) in [5.41, 5.74) is 2.42. The zero-order chi connectivity index (χ0) is 18.1. The van der Waals surface area contributed by atoms with E-state index in [1.165, 1.54) is 5.56 Å². The fourth-order valence-electron chi connectivity index (χ4n) is 3.37. The molecule has 0 amide bonds. The molecule has 2 N–H and O–H groups in total. The number of halogens is 1. The Hall–Kier alpha value is -1.67. The van der Waals surface area contributed by atoms with Crippen molar-refractivity contribution in [3.63, 3.8) is 0 Å². The molecule has 0 unspecified atom stereocenters. The molecule has 0 radical (unpaired) electrons. The zero-order valence-electron chi connectivity index (χ0n) is 15.9. The van der Waals surface area contributed by atoms with E-state index in [-0.39, 0.29) is 29.4 Å². The molecule has 1 aromatic carbocycles. The summed E-state index contributed by atoms with van der Waals surface area (Å²) in [6.07, 6.45) is 3.84. The first-order chi connectivity index (χ1) is 12.8. The van der Waals surface area contributed by atoms with Crippen molar-refractivity contribution in [2.45, 2.75) is 31.7 Å². The van der Waals surface area contributed by atoms with Gasteiger partial charge in [0.15, 0.2) is 5.96 Å². The SMILES string of the molecule is CCNC(=NCc1ccccn1)NCC1(c2ccccc2)CCOCC1.I. The van der Waals surface area contributed by atoms with E-state index in [4.69, 9.17) is 9.73 Å². The second-order valence-corrected chi connectivity index (χ2v) is 6.63. The molecule has 6 heteroatoms. The lowest BCUT2D eigenvalue weighted by Crippen LogP contribution is -2.48. The molecule has 2 heterocycles. The Morgan fingerprint density at radius 2 is 1.81 bits per heavy atom. The summed E-state index contributed by atoms with van der Waals surface area (Å²) in [5.74, 6) is 0.833. The van der Waals surface area contributed by atoms with Gasteiger partial charge < -0.3 is 15.4 Å². The third-order valence-electron chi connectivity index (χ3n) is 4.90. The number of hydrogen-bond donors (Lipinski definition) is 2. The van der Waals surface area contributed by atoms with Gasteiger partial charge in [-0.1, -0.05) is 36.4 Å². The largest absolute Gasteiger partial charge is 0.381 e. The van der Waals surface area contributed by atoms with Gasteiger partial charge in [0.2, 0.25) is 0 Å². The molecular weight excluding hydrogens is 451 g/mol. The monoisotopic (exact) mass is 480 g/mol. The number of aromatic nitrogens is 1. The smallest absolute Gasteiger partial charge is 0.191 e. The first-order valence-electron chi connectivity index (χ1n) is 9.38. The Labute approximate surface area is 179 Å². The molecule has 0 spiro atoms. The van der Waals surface area contributed by atoms with Crippen molar-refractivity contribution in [1.82, 2.24) is 15.6 Å². The molecule has 146 valence electrons. The van der Waals surface area contributed by atoms with Gasteiger partial charge in [-0.2, -0.15) is 0 Å². The average Bonchev–Trinajstić information content (AvgIpc) is 2.72. The van der Waals surface area contributed by atoms with Gasteiger partial charge >= 0.3 is 0 Å². The molecule has 1 aliphatic heterocycles. The van der Waals surface area contributed by atoms with E-state index in [0.717, 1.165) is 50.8 Å². The van der Waals surface area contributed by atoms with E-state index >= 15 is 0 Å². The molecule has 1 saturated heterocycles. The van der Waals surface area contributed by atoms with Gasteiger partial charge in [0, 0.05) is 37.9 Å². The molecule has 0 bridgehead atoms. The lowest BCUT2D eigenvalue weighted by Gasteiger charge is -2.38. The van der Waals surface area contributed by atoms with Crippen molar-refractivity contribution in [2.75, 3.05) is 26.3 Å². The average molecular weight is 480 g/mol. The van der Waals surface area contributed by atoms with Gasteiger partial charge in [0.1, 0.15) is 0 Å². The summed E-state index contributed by atoms with van der Waals surface area (Å²) in [6.45, 7) is 5.93. The van der Waals surface area contributed by atoms with E-state index in [1.54, 1.807) is 6.20 Å². The van der Waals surface area contributed by atoms with Crippen LogP contribution in [0.1, 0.15) is 31.0 Å². The maximum Gasteiger partial charge on any atom is 0.191 e. The highest BCUT2D eigenvalue weighted by Gasteiger charge is 2.34. The van der Waals surface area contributed by atoms with Crippen LogP contribution in [0.15, 0.2) is 59.7 Å². The highest BCUT2D eigenvalue weighted by atomic mass is 127. The van der Waals surface area contributed by atoms with Crippen molar-refractivity contribution >= 4 is 29.9 Å². The number of ether oxygens (including phenoxy) is 1. The van der Waals surface area contributed by atoms with E-state index < -0.39 is 0 Å². The second kappa shape index (κ2) is 11.2. The summed E-state index contributed by atoms with van der Waals surface area (Å²) in [7, 11) is 0. The summed E-state index contributed by atoms with van der Waals surface area (Å²) in [4.78, 5) is 9.04. The molecule has 1 fully saturated rings. The summed E-state index contributed by atoms with van der Waals surface area (Å²) in [5, 5.41) is 6.90. The van der Waals surface area contributed by atoms with Gasteiger partial charge in [-0.15, -0.1) is 24.0 Å². The number of rotatable bonds is 6. The van der Waals surface area contributed by atoms with E-state index in [9.17, 15) is 0 Å². The summed E-state index contributed by atoms with van der Waals surface area (Å²) < 4.78 is 5.62. The first-order valence-corrected chi connectivity index (χ1v) is 9.38. The van der Waals surface area contributed by atoms with Gasteiger partial charge in [0.25, 0.3) is 0 Å². The number of pyridine rings is 1. The number of aliphatic imine (C=N–C) groups is 1. The van der Waals surface area contributed by atoms with Crippen molar-refractivity contribution in [3.8, 4) is 0 Å². The van der Waals surface area contributed by atoms with Crippen LogP contribution in [0.3, 0.4) is 0 Å². The van der Waals surface area contributed by atoms with Crippen LogP contribution in [0.25, 0.3) is 0 Å². The number of nitrogens with zero attached hydrogens (tertiary/aromatic N) is 2. The van der Waals surface area contributed by atoms with E-state index in [1.807, 2.05) is 18.2 Å². The van der Waals surface area contributed by atoms with Crippen LogP contribution >= 0.6 is 24.0 Å². The Kier molecular flexibility index (Phi) is 9.00. The molecule has 1 aromatic heterocycles. The number of hydrogen-bond acceptors (Lipinski definition) is 3.